The molecule has 0 saturated heterocycles. The molecule has 0 spiro atoms. The van der Waals surface area contributed by atoms with E-state index < -0.39 is 25.1 Å². The number of rotatable bonds is 4. The number of azo groups is 1. The minimum atomic E-state index is -4.62. The van der Waals surface area contributed by atoms with E-state index in [4.69, 9.17) is 0 Å². The number of aryl methyl sites for hydroxylation is 2. The highest BCUT2D eigenvalue weighted by Gasteiger charge is 2.20. The Morgan fingerprint density at radius 3 is 1.83 bits per heavy atom. The highest BCUT2D eigenvalue weighted by atomic mass is 32.2. The van der Waals surface area contributed by atoms with E-state index in [1.54, 1.807) is 19.1 Å². The van der Waals surface area contributed by atoms with Gasteiger partial charge in [-0.05, 0) is 37.1 Å². The Balaban J connectivity index is 2.22. The van der Waals surface area contributed by atoms with Gasteiger partial charge in [-0.15, -0.1) is 5.11 Å². The highest BCUT2D eigenvalue weighted by molar-refractivity contribution is 7.86. The standard InChI is InChI=1S/C18H16N2O7S2/c1-10-7-11(2)16(28(22,23)24)8-14(10)19-20-15-9-17(29(25,26)27)12-5-3-4-6-13(12)18(15)21/h3-9,21H,1-2H3,(H,22,23,24)(H,25,26,27). The van der Waals surface area contributed by atoms with Crippen LogP contribution in [0, 0.1) is 13.8 Å². The smallest absolute Gasteiger partial charge is 0.295 e. The largest absolute Gasteiger partial charge is 0.505 e. The summed E-state index contributed by atoms with van der Waals surface area (Å²) in [5.74, 6) is -0.364. The van der Waals surface area contributed by atoms with Gasteiger partial charge in [-0.3, -0.25) is 9.11 Å². The van der Waals surface area contributed by atoms with Crippen molar-refractivity contribution in [3.8, 4) is 5.75 Å². The number of hydrogen-bond acceptors (Lipinski definition) is 7. The predicted molar refractivity (Wildman–Crippen MR) is 105 cm³/mol. The first-order chi connectivity index (χ1) is 13.4. The van der Waals surface area contributed by atoms with Crippen molar-refractivity contribution in [2.75, 3.05) is 0 Å². The van der Waals surface area contributed by atoms with E-state index >= 15 is 0 Å². The summed E-state index contributed by atoms with van der Waals surface area (Å²) < 4.78 is 65.3. The second-order valence-corrected chi connectivity index (χ2v) is 9.12. The molecule has 0 amide bonds. The summed E-state index contributed by atoms with van der Waals surface area (Å²) in [5, 5.41) is 18.4. The average Bonchev–Trinajstić information content (AvgIpc) is 2.60. The zero-order valence-corrected chi connectivity index (χ0v) is 16.9. The summed E-state index contributed by atoms with van der Waals surface area (Å²) in [6, 6.07) is 9.55. The van der Waals surface area contributed by atoms with Crippen molar-refractivity contribution in [2.45, 2.75) is 23.6 Å². The Morgan fingerprint density at radius 2 is 1.24 bits per heavy atom. The topological polar surface area (TPSA) is 154 Å². The molecule has 3 N–H and O–H groups in total. The Kier molecular flexibility index (Phi) is 5.17. The fourth-order valence-electron chi connectivity index (χ4n) is 2.92. The summed E-state index contributed by atoms with van der Waals surface area (Å²) in [4.78, 5) is -0.808. The maximum absolute atomic E-state index is 11.7. The molecule has 0 atom stereocenters. The summed E-state index contributed by atoms with van der Waals surface area (Å²) in [7, 11) is -9.10. The van der Waals surface area contributed by atoms with E-state index in [2.05, 4.69) is 10.2 Å². The number of phenolic OH excluding ortho intramolecular Hbond substituents is 1. The first-order valence-electron chi connectivity index (χ1n) is 8.12. The summed E-state index contributed by atoms with van der Waals surface area (Å²) >= 11 is 0. The van der Waals surface area contributed by atoms with Gasteiger partial charge < -0.3 is 5.11 Å². The van der Waals surface area contributed by atoms with E-state index in [-0.39, 0.29) is 32.8 Å². The van der Waals surface area contributed by atoms with Crippen LogP contribution in [0.4, 0.5) is 11.4 Å². The lowest BCUT2D eigenvalue weighted by atomic mass is 10.1. The van der Waals surface area contributed by atoms with Gasteiger partial charge in [0.2, 0.25) is 0 Å². The molecule has 0 radical (unpaired) electrons. The van der Waals surface area contributed by atoms with Gasteiger partial charge in [0.05, 0.1) is 10.6 Å². The Hall–Kier alpha value is -2.86. The molecule has 9 nitrogen and oxygen atoms in total. The molecule has 0 saturated carbocycles. The van der Waals surface area contributed by atoms with E-state index in [9.17, 15) is 31.0 Å². The number of hydrogen-bond donors (Lipinski definition) is 3. The van der Waals surface area contributed by atoms with Crippen molar-refractivity contribution in [1.29, 1.82) is 0 Å². The highest BCUT2D eigenvalue weighted by Crippen LogP contribution is 2.40. The van der Waals surface area contributed by atoms with Crippen LogP contribution in [0.1, 0.15) is 11.1 Å². The Labute approximate surface area is 166 Å². The third kappa shape index (κ3) is 4.12. The van der Waals surface area contributed by atoms with Crippen LogP contribution in [0.2, 0.25) is 0 Å². The minimum absolute atomic E-state index is 0.0872. The molecule has 0 aromatic heterocycles. The fourth-order valence-corrected chi connectivity index (χ4v) is 4.36. The van der Waals surface area contributed by atoms with Crippen molar-refractivity contribution >= 4 is 42.4 Å². The molecular weight excluding hydrogens is 420 g/mol. The SMILES string of the molecule is Cc1cc(C)c(S(=O)(=O)O)cc1N=Nc1cc(S(=O)(=O)O)c2ccccc2c1O. The number of fused-ring (bicyclic) bond motifs is 1. The van der Waals surface area contributed by atoms with Crippen LogP contribution in [0.3, 0.4) is 0 Å². The number of phenols is 1. The fraction of sp³-hybridized carbons (Fsp3) is 0.111. The maximum atomic E-state index is 11.7. The zero-order valence-electron chi connectivity index (χ0n) is 15.2. The minimum Gasteiger partial charge on any atom is -0.505 e. The van der Waals surface area contributed by atoms with Crippen molar-refractivity contribution in [1.82, 2.24) is 0 Å². The van der Waals surface area contributed by atoms with Gasteiger partial charge in [0.15, 0.2) is 5.75 Å². The van der Waals surface area contributed by atoms with Crippen molar-refractivity contribution < 1.29 is 31.0 Å². The third-order valence-corrected chi connectivity index (χ3v) is 6.16. The summed E-state index contributed by atoms with van der Waals surface area (Å²) in [6.07, 6.45) is 0. The molecule has 3 aromatic carbocycles. The monoisotopic (exact) mass is 436 g/mol. The molecule has 11 heteroatoms. The van der Waals surface area contributed by atoms with E-state index in [1.807, 2.05) is 0 Å². The van der Waals surface area contributed by atoms with Gasteiger partial charge in [0.25, 0.3) is 20.2 Å². The molecular formula is C18H16N2O7S2. The zero-order chi connectivity index (χ0) is 21.6. The van der Waals surface area contributed by atoms with E-state index in [0.717, 1.165) is 12.1 Å². The van der Waals surface area contributed by atoms with Gasteiger partial charge in [-0.2, -0.15) is 21.9 Å². The summed E-state index contributed by atoms with van der Waals surface area (Å²) in [5.41, 5.74) is 0.689. The van der Waals surface area contributed by atoms with Crippen LogP contribution in [-0.2, 0) is 20.2 Å². The van der Waals surface area contributed by atoms with Gasteiger partial charge >= 0.3 is 0 Å². The normalized spacial score (nSPS) is 12.7. The Morgan fingerprint density at radius 1 is 0.724 bits per heavy atom. The summed E-state index contributed by atoms with van der Waals surface area (Å²) in [6.45, 7) is 3.14. The van der Waals surface area contributed by atoms with Crippen molar-refractivity contribution in [2.24, 2.45) is 10.2 Å². The molecule has 0 bridgehead atoms. The Bertz CT molecular complexity index is 1380. The van der Waals surface area contributed by atoms with Gasteiger partial charge in [0.1, 0.15) is 10.6 Å². The number of benzene rings is 3. The molecule has 0 aliphatic rings. The van der Waals surface area contributed by atoms with E-state index in [1.165, 1.54) is 25.1 Å². The molecule has 0 aliphatic carbocycles. The van der Waals surface area contributed by atoms with Crippen LogP contribution in [-0.4, -0.2) is 31.0 Å². The second-order valence-electron chi connectivity index (χ2n) is 6.34. The molecule has 3 aromatic rings. The molecule has 29 heavy (non-hydrogen) atoms. The lowest BCUT2D eigenvalue weighted by Crippen LogP contribution is -2.01. The first kappa shape index (κ1) is 20.9. The molecule has 0 fully saturated rings. The average molecular weight is 436 g/mol. The molecule has 3 rings (SSSR count). The molecule has 0 unspecified atom stereocenters. The lowest BCUT2D eigenvalue weighted by Gasteiger charge is -2.09. The maximum Gasteiger partial charge on any atom is 0.295 e. The van der Waals surface area contributed by atoms with Crippen LogP contribution < -0.4 is 0 Å². The second kappa shape index (κ2) is 7.19. The van der Waals surface area contributed by atoms with Crippen molar-refractivity contribution in [3.63, 3.8) is 0 Å². The van der Waals surface area contributed by atoms with Gasteiger partial charge in [-0.25, -0.2) is 0 Å². The van der Waals surface area contributed by atoms with Gasteiger partial charge in [0, 0.05) is 10.8 Å². The molecule has 0 aliphatic heterocycles. The van der Waals surface area contributed by atoms with Crippen LogP contribution in [0.5, 0.6) is 5.75 Å². The third-order valence-electron chi connectivity index (χ3n) is 4.27. The first-order valence-corrected chi connectivity index (χ1v) is 11.0. The quantitative estimate of drug-likeness (QED) is 0.411. The van der Waals surface area contributed by atoms with Crippen molar-refractivity contribution in [3.05, 3.63) is 53.6 Å². The number of nitrogens with zero attached hydrogens (tertiary/aromatic N) is 2. The van der Waals surface area contributed by atoms with E-state index in [0.29, 0.717) is 11.1 Å². The molecule has 0 heterocycles. The number of aromatic hydroxyl groups is 1. The van der Waals surface area contributed by atoms with Crippen LogP contribution >= 0.6 is 0 Å². The molecule has 152 valence electrons. The van der Waals surface area contributed by atoms with Crippen LogP contribution in [0.15, 0.2) is 62.5 Å². The lowest BCUT2D eigenvalue weighted by molar-refractivity contribution is 0.478. The predicted octanol–water partition coefficient (Wildman–Crippen LogP) is 4.07. The van der Waals surface area contributed by atoms with Gasteiger partial charge in [-0.1, -0.05) is 30.3 Å². The van der Waals surface area contributed by atoms with Crippen LogP contribution in [0.25, 0.3) is 10.8 Å².